The van der Waals surface area contributed by atoms with E-state index >= 15 is 0 Å². The number of hydrogen-bond donors (Lipinski definition) is 0. The first-order valence-electron chi connectivity index (χ1n) is 4.06. The molecular weight excluding hydrogens is 126 g/mol. The second kappa shape index (κ2) is 3.35. The summed E-state index contributed by atoms with van der Waals surface area (Å²) in [7, 11) is 2.15. The largest absolute Gasteiger partial charge is 0.373 e. The van der Waals surface area contributed by atoms with Gasteiger partial charge in [0.15, 0.2) is 0 Å². The Morgan fingerprint density at radius 3 is 2.70 bits per heavy atom. The summed E-state index contributed by atoms with van der Waals surface area (Å²) in [6.07, 6.45) is 2.02. The second-order valence-corrected chi connectivity index (χ2v) is 3.20. The molecule has 0 spiro atoms. The fourth-order valence-corrected chi connectivity index (χ4v) is 1.50. The average molecular weight is 143 g/mol. The second-order valence-electron chi connectivity index (χ2n) is 3.20. The molecule has 0 saturated carbocycles. The van der Waals surface area contributed by atoms with Crippen molar-refractivity contribution in [2.75, 3.05) is 20.1 Å². The van der Waals surface area contributed by atoms with Crippen molar-refractivity contribution in [1.82, 2.24) is 4.90 Å². The number of ether oxygens (including phenoxy) is 1. The summed E-state index contributed by atoms with van der Waals surface area (Å²) in [6, 6.07) is 0. The third-order valence-electron chi connectivity index (χ3n) is 1.96. The molecule has 0 amide bonds. The van der Waals surface area contributed by atoms with E-state index in [1.54, 1.807) is 0 Å². The molecule has 1 aliphatic rings. The lowest BCUT2D eigenvalue weighted by atomic mass is 10.2. The van der Waals surface area contributed by atoms with Gasteiger partial charge in [0.1, 0.15) is 0 Å². The van der Waals surface area contributed by atoms with Crippen LogP contribution in [0.5, 0.6) is 0 Å². The lowest BCUT2D eigenvalue weighted by Gasteiger charge is -2.33. The predicted molar refractivity (Wildman–Crippen MR) is 42.1 cm³/mol. The molecular formula is C8H17NO. The molecule has 2 nitrogen and oxygen atoms in total. The lowest BCUT2D eigenvalue weighted by Crippen LogP contribution is -2.44. The van der Waals surface area contributed by atoms with E-state index in [-0.39, 0.29) is 0 Å². The molecule has 0 bridgehead atoms. The molecule has 0 aliphatic carbocycles. The van der Waals surface area contributed by atoms with E-state index in [0.29, 0.717) is 12.2 Å². The van der Waals surface area contributed by atoms with Gasteiger partial charge in [-0.15, -0.1) is 0 Å². The van der Waals surface area contributed by atoms with Crippen molar-refractivity contribution in [3.05, 3.63) is 0 Å². The molecule has 10 heavy (non-hydrogen) atoms. The summed E-state index contributed by atoms with van der Waals surface area (Å²) < 4.78 is 5.66. The third-order valence-corrected chi connectivity index (χ3v) is 1.96. The van der Waals surface area contributed by atoms with Crippen LogP contribution in [0, 0.1) is 0 Å². The molecule has 1 aliphatic heterocycles. The van der Waals surface area contributed by atoms with Gasteiger partial charge in [0, 0.05) is 13.1 Å². The van der Waals surface area contributed by atoms with Crippen molar-refractivity contribution in [3.63, 3.8) is 0 Å². The maximum absolute atomic E-state index is 5.66. The zero-order valence-corrected chi connectivity index (χ0v) is 7.13. The summed E-state index contributed by atoms with van der Waals surface area (Å²) in [5, 5.41) is 0. The smallest absolute Gasteiger partial charge is 0.0703 e. The molecule has 1 saturated heterocycles. The number of rotatable bonds is 1. The van der Waals surface area contributed by atoms with Gasteiger partial charge in [0.2, 0.25) is 0 Å². The van der Waals surface area contributed by atoms with Crippen LogP contribution < -0.4 is 0 Å². The van der Waals surface area contributed by atoms with Crippen molar-refractivity contribution in [2.24, 2.45) is 0 Å². The van der Waals surface area contributed by atoms with Gasteiger partial charge >= 0.3 is 0 Å². The maximum Gasteiger partial charge on any atom is 0.0703 e. The normalized spacial score (nSPS) is 36.3. The van der Waals surface area contributed by atoms with Gasteiger partial charge in [-0.25, -0.2) is 0 Å². The van der Waals surface area contributed by atoms with Gasteiger partial charge in [0.25, 0.3) is 0 Å². The topological polar surface area (TPSA) is 12.5 Å². The van der Waals surface area contributed by atoms with Crippen LogP contribution in [0.1, 0.15) is 20.3 Å². The van der Waals surface area contributed by atoms with Crippen molar-refractivity contribution >= 4 is 0 Å². The highest BCUT2D eigenvalue weighted by molar-refractivity contribution is 4.71. The van der Waals surface area contributed by atoms with E-state index in [1.807, 2.05) is 0 Å². The Labute approximate surface area is 63.2 Å². The molecule has 0 aromatic rings. The van der Waals surface area contributed by atoms with E-state index in [9.17, 15) is 0 Å². The van der Waals surface area contributed by atoms with E-state index in [2.05, 4.69) is 25.8 Å². The van der Waals surface area contributed by atoms with Crippen LogP contribution in [0.2, 0.25) is 0 Å². The zero-order valence-electron chi connectivity index (χ0n) is 7.13. The molecule has 0 unspecified atom stereocenters. The maximum atomic E-state index is 5.66. The molecule has 60 valence electrons. The molecule has 1 heterocycles. The van der Waals surface area contributed by atoms with Crippen LogP contribution in [0.4, 0.5) is 0 Å². The van der Waals surface area contributed by atoms with Gasteiger partial charge in [-0.05, 0) is 20.4 Å². The number of morpholine rings is 1. The van der Waals surface area contributed by atoms with Crippen LogP contribution in [0.15, 0.2) is 0 Å². The van der Waals surface area contributed by atoms with Gasteiger partial charge in [-0.1, -0.05) is 6.92 Å². The van der Waals surface area contributed by atoms with Gasteiger partial charge in [-0.2, -0.15) is 0 Å². The molecule has 0 radical (unpaired) electrons. The van der Waals surface area contributed by atoms with Crippen LogP contribution >= 0.6 is 0 Å². The minimum Gasteiger partial charge on any atom is -0.373 e. The summed E-state index contributed by atoms with van der Waals surface area (Å²) in [4.78, 5) is 2.34. The van der Waals surface area contributed by atoms with E-state index in [4.69, 9.17) is 4.74 Å². The Kier molecular flexibility index (Phi) is 2.69. The monoisotopic (exact) mass is 143 g/mol. The number of likely N-dealkylation sites (N-methyl/N-ethyl adjacent to an activating group) is 1. The Hall–Kier alpha value is -0.0800. The minimum atomic E-state index is 0.420. The zero-order chi connectivity index (χ0) is 7.56. The molecule has 1 rings (SSSR count). The Morgan fingerprint density at radius 2 is 2.20 bits per heavy atom. The Bertz CT molecular complexity index is 95.4. The standard InChI is InChI=1S/C8H17NO/c1-4-8-6-9(3)5-7(2)10-8/h7-8H,4-6H2,1-3H3/t7-,8+/m0/s1. The molecule has 2 atom stereocenters. The van der Waals surface area contributed by atoms with Crippen LogP contribution in [-0.4, -0.2) is 37.2 Å². The van der Waals surface area contributed by atoms with Crippen molar-refractivity contribution in [1.29, 1.82) is 0 Å². The summed E-state index contributed by atoms with van der Waals surface area (Å²) in [6.45, 7) is 6.49. The van der Waals surface area contributed by atoms with Crippen molar-refractivity contribution in [3.8, 4) is 0 Å². The quantitative estimate of drug-likeness (QED) is 0.545. The molecule has 0 N–H and O–H groups in total. The van der Waals surface area contributed by atoms with Gasteiger partial charge in [-0.3, -0.25) is 0 Å². The lowest BCUT2D eigenvalue weighted by molar-refractivity contribution is -0.0703. The molecule has 2 heteroatoms. The van der Waals surface area contributed by atoms with Crippen LogP contribution in [-0.2, 0) is 4.74 Å². The van der Waals surface area contributed by atoms with Crippen molar-refractivity contribution < 1.29 is 4.74 Å². The molecule has 1 fully saturated rings. The first kappa shape index (κ1) is 8.02. The molecule has 0 aromatic heterocycles. The number of hydrogen-bond acceptors (Lipinski definition) is 2. The van der Waals surface area contributed by atoms with Gasteiger partial charge in [0.05, 0.1) is 12.2 Å². The fourth-order valence-electron chi connectivity index (χ4n) is 1.50. The fraction of sp³-hybridized carbons (Fsp3) is 1.00. The minimum absolute atomic E-state index is 0.420. The Balaban J connectivity index is 2.35. The van der Waals surface area contributed by atoms with Crippen LogP contribution in [0.3, 0.4) is 0 Å². The first-order chi connectivity index (χ1) is 4.72. The third kappa shape index (κ3) is 1.96. The average Bonchev–Trinajstić information content (AvgIpc) is 1.85. The van der Waals surface area contributed by atoms with Crippen molar-refractivity contribution in [2.45, 2.75) is 32.5 Å². The highest BCUT2D eigenvalue weighted by atomic mass is 16.5. The summed E-state index contributed by atoms with van der Waals surface area (Å²) >= 11 is 0. The van der Waals surface area contributed by atoms with Gasteiger partial charge < -0.3 is 9.64 Å². The van der Waals surface area contributed by atoms with Crippen LogP contribution in [0.25, 0.3) is 0 Å². The molecule has 0 aromatic carbocycles. The Morgan fingerprint density at radius 1 is 1.50 bits per heavy atom. The first-order valence-corrected chi connectivity index (χ1v) is 4.06. The highest BCUT2D eigenvalue weighted by Gasteiger charge is 2.20. The summed E-state index contributed by atoms with van der Waals surface area (Å²) in [5.74, 6) is 0. The predicted octanol–water partition coefficient (Wildman–Crippen LogP) is 1.12. The van der Waals surface area contributed by atoms with E-state index in [1.165, 1.54) is 0 Å². The highest BCUT2D eigenvalue weighted by Crippen LogP contribution is 2.10. The van der Waals surface area contributed by atoms with E-state index in [0.717, 1.165) is 19.5 Å². The van der Waals surface area contributed by atoms with E-state index < -0.39 is 0 Å². The summed E-state index contributed by atoms with van der Waals surface area (Å²) in [5.41, 5.74) is 0. The SMILES string of the molecule is CC[C@@H]1CN(C)C[C@H](C)O1. The number of nitrogens with zero attached hydrogens (tertiary/aromatic N) is 1.